The van der Waals surface area contributed by atoms with Crippen LogP contribution >= 0.6 is 23.7 Å². The van der Waals surface area contributed by atoms with Crippen LogP contribution < -0.4 is 9.64 Å². The van der Waals surface area contributed by atoms with Gasteiger partial charge in [0, 0.05) is 18.7 Å². The van der Waals surface area contributed by atoms with Gasteiger partial charge in [-0.3, -0.25) is 9.69 Å². The highest BCUT2D eigenvalue weighted by Crippen LogP contribution is 2.34. The first kappa shape index (κ1) is 27.0. The zero-order valence-electron chi connectivity index (χ0n) is 19.3. The maximum absolute atomic E-state index is 13.5. The summed E-state index contributed by atoms with van der Waals surface area (Å²) in [5.74, 6) is 0.468. The second-order valence-electron chi connectivity index (χ2n) is 7.21. The summed E-state index contributed by atoms with van der Waals surface area (Å²) in [5, 5.41) is 0.590. The highest BCUT2D eigenvalue weighted by atomic mass is 35.5. The van der Waals surface area contributed by atoms with E-state index in [4.69, 9.17) is 9.72 Å². The van der Waals surface area contributed by atoms with Gasteiger partial charge in [-0.25, -0.2) is 13.4 Å². The van der Waals surface area contributed by atoms with Crippen molar-refractivity contribution < 1.29 is 17.9 Å². The molecular weight excluding hydrogens is 482 g/mol. The monoisotopic (exact) mass is 511 g/mol. The SMILES string of the molecule is CCN(CC)CCN(C(=O)c1ccc(S(=O)(=O)CC)cc1)c1nc2c(OC)cccc2s1.Cl. The first-order chi connectivity index (χ1) is 15.3. The lowest BCUT2D eigenvalue weighted by molar-refractivity contribution is 0.0983. The molecule has 1 heterocycles. The van der Waals surface area contributed by atoms with Gasteiger partial charge in [-0.15, -0.1) is 12.4 Å². The van der Waals surface area contributed by atoms with E-state index in [2.05, 4.69) is 18.7 Å². The Hall–Kier alpha value is -2.20. The average Bonchev–Trinajstić information content (AvgIpc) is 3.25. The lowest BCUT2D eigenvalue weighted by Crippen LogP contribution is -2.38. The Kier molecular flexibility index (Phi) is 9.66. The molecule has 0 unspecified atom stereocenters. The van der Waals surface area contributed by atoms with Gasteiger partial charge in [-0.1, -0.05) is 38.2 Å². The summed E-state index contributed by atoms with van der Waals surface area (Å²) in [4.78, 5) is 22.3. The highest BCUT2D eigenvalue weighted by molar-refractivity contribution is 7.91. The van der Waals surface area contributed by atoms with Crippen molar-refractivity contribution in [2.75, 3.05) is 43.9 Å². The molecule has 180 valence electrons. The van der Waals surface area contributed by atoms with Crippen molar-refractivity contribution >= 4 is 54.8 Å². The molecule has 0 bridgehead atoms. The molecule has 0 aliphatic heterocycles. The molecule has 1 amide bonds. The number of rotatable bonds is 10. The fourth-order valence-electron chi connectivity index (χ4n) is 3.38. The lowest BCUT2D eigenvalue weighted by Gasteiger charge is -2.24. The summed E-state index contributed by atoms with van der Waals surface area (Å²) in [6, 6.07) is 11.8. The zero-order valence-corrected chi connectivity index (χ0v) is 21.7. The van der Waals surface area contributed by atoms with Crippen LogP contribution in [0.15, 0.2) is 47.4 Å². The first-order valence-electron chi connectivity index (χ1n) is 10.6. The maximum atomic E-state index is 13.5. The normalized spacial score (nSPS) is 11.4. The van der Waals surface area contributed by atoms with E-state index in [1.807, 2.05) is 18.2 Å². The fraction of sp³-hybridized carbons (Fsp3) is 0.391. The van der Waals surface area contributed by atoms with E-state index in [1.165, 1.54) is 23.5 Å². The summed E-state index contributed by atoms with van der Waals surface area (Å²) in [6.45, 7) is 8.72. The Bertz CT molecular complexity index is 1180. The van der Waals surface area contributed by atoms with E-state index in [0.717, 1.165) is 23.3 Å². The number of sulfone groups is 1. The van der Waals surface area contributed by atoms with E-state index in [9.17, 15) is 13.2 Å². The molecule has 0 fully saturated rings. The molecule has 0 saturated carbocycles. The number of hydrogen-bond donors (Lipinski definition) is 0. The Labute approximate surface area is 205 Å². The molecule has 7 nitrogen and oxygen atoms in total. The van der Waals surface area contributed by atoms with Crippen molar-refractivity contribution in [3.63, 3.8) is 0 Å². The first-order valence-corrected chi connectivity index (χ1v) is 13.1. The molecule has 0 radical (unpaired) electrons. The number of likely N-dealkylation sites (N-methyl/N-ethyl adjacent to an activating group) is 1. The predicted octanol–water partition coefficient (Wildman–Crippen LogP) is 4.51. The Morgan fingerprint density at radius 2 is 1.70 bits per heavy atom. The number of aromatic nitrogens is 1. The number of carbonyl (C=O) groups excluding carboxylic acids is 1. The van der Waals surface area contributed by atoms with Crippen molar-refractivity contribution in [1.82, 2.24) is 9.88 Å². The number of fused-ring (bicyclic) bond motifs is 1. The third-order valence-electron chi connectivity index (χ3n) is 5.44. The summed E-state index contributed by atoms with van der Waals surface area (Å²) in [6.07, 6.45) is 0. The second kappa shape index (κ2) is 11.8. The number of hydrogen-bond acceptors (Lipinski definition) is 7. The van der Waals surface area contributed by atoms with E-state index < -0.39 is 9.84 Å². The molecule has 1 aromatic heterocycles. The molecule has 0 spiro atoms. The molecule has 3 rings (SSSR count). The topological polar surface area (TPSA) is 79.8 Å². The number of amides is 1. The van der Waals surface area contributed by atoms with Crippen LogP contribution in [0, 0.1) is 0 Å². The Balaban J connectivity index is 0.00000385. The van der Waals surface area contributed by atoms with Crippen molar-refractivity contribution in [2.24, 2.45) is 0 Å². The molecule has 3 aromatic rings. The van der Waals surface area contributed by atoms with Crippen LogP contribution in [0.5, 0.6) is 5.75 Å². The van der Waals surface area contributed by atoms with Gasteiger partial charge >= 0.3 is 0 Å². The van der Waals surface area contributed by atoms with Gasteiger partial charge in [0.05, 0.1) is 22.5 Å². The van der Waals surface area contributed by atoms with Crippen molar-refractivity contribution in [2.45, 2.75) is 25.7 Å². The number of para-hydroxylation sites is 1. The molecular formula is C23H30ClN3O4S2. The largest absolute Gasteiger partial charge is 0.494 e. The number of ether oxygens (including phenoxy) is 1. The van der Waals surface area contributed by atoms with Gasteiger partial charge in [0.2, 0.25) is 0 Å². The van der Waals surface area contributed by atoms with Gasteiger partial charge < -0.3 is 9.64 Å². The molecule has 0 saturated heterocycles. The quantitative estimate of drug-likeness (QED) is 0.398. The smallest absolute Gasteiger partial charge is 0.260 e. The molecule has 10 heteroatoms. The van der Waals surface area contributed by atoms with Gasteiger partial charge in [0.15, 0.2) is 15.0 Å². The van der Waals surface area contributed by atoms with Crippen molar-refractivity contribution in [3.8, 4) is 5.75 Å². The van der Waals surface area contributed by atoms with Crippen LogP contribution in [0.2, 0.25) is 0 Å². The zero-order chi connectivity index (χ0) is 23.3. The van der Waals surface area contributed by atoms with Crippen LogP contribution in [0.25, 0.3) is 10.2 Å². The predicted molar refractivity (Wildman–Crippen MR) is 137 cm³/mol. The number of thiazole rings is 1. The van der Waals surface area contributed by atoms with Gasteiger partial charge in [-0.2, -0.15) is 0 Å². The van der Waals surface area contributed by atoms with E-state index in [-0.39, 0.29) is 29.0 Å². The summed E-state index contributed by atoms with van der Waals surface area (Å²) in [5.41, 5.74) is 1.14. The van der Waals surface area contributed by atoms with Crippen LogP contribution in [-0.4, -0.2) is 63.3 Å². The second-order valence-corrected chi connectivity index (χ2v) is 10.5. The third kappa shape index (κ3) is 6.03. The Morgan fingerprint density at radius 3 is 2.27 bits per heavy atom. The number of carbonyl (C=O) groups is 1. The van der Waals surface area contributed by atoms with Crippen LogP contribution in [0.1, 0.15) is 31.1 Å². The average molecular weight is 512 g/mol. The van der Waals surface area contributed by atoms with E-state index in [0.29, 0.717) is 29.5 Å². The minimum Gasteiger partial charge on any atom is -0.494 e. The lowest BCUT2D eigenvalue weighted by atomic mass is 10.2. The molecule has 2 aromatic carbocycles. The minimum atomic E-state index is -3.32. The number of methoxy groups -OCH3 is 1. The number of benzene rings is 2. The van der Waals surface area contributed by atoms with Crippen molar-refractivity contribution in [1.29, 1.82) is 0 Å². The van der Waals surface area contributed by atoms with Gasteiger partial charge in [-0.05, 0) is 49.5 Å². The molecule has 0 aliphatic rings. The number of halogens is 1. The van der Waals surface area contributed by atoms with Crippen LogP contribution in [-0.2, 0) is 9.84 Å². The molecule has 0 atom stereocenters. The fourth-order valence-corrected chi connectivity index (χ4v) is 5.28. The minimum absolute atomic E-state index is 0. The van der Waals surface area contributed by atoms with Gasteiger partial charge in [0.25, 0.3) is 5.91 Å². The molecule has 33 heavy (non-hydrogen) atoms. The Morgan fingerprint density at radius 1 is 1.03 bits per heavy atom. The summed E-state index contributed by atoms with van der Waals surface area (Å²) >= 11 is 1.44. The molecule has 0 aliphatic carbocycles. The van der Waals surface area contributed by atoms with Crippen LogP contribution in [0.4, 0.5) is 5.13 Å². The standard InChI is InChI=1S/C23H29N3O4S2.ClH/c1-5-25(6-2)15-16-26(23-24-21-19(30-4)9-8-10-20(21)31-23)22(27)17-11-13-18(14-12-17)32(28,29)7-3;/h8-14H,5-7,15-16H2,1-4H3;1H. The summed E-state index contributed by atoms with van der Waals surface area (Å²) < 4.78 is 30.6. The van der Waals surface area contributed by atoms with E-state index in [1.54, 1.807) is 31.1 Å². The number of nitrogens with zero attached hydrogens (tertiary/aromatic N) is 3. The highest BCUT2D eigenvalue weighted by Gasteiger charge is 2.23. The third-order valence-corrected chi connectivity index (χ3v) is 8.24. The van der Waals surface area contributed by atoms with Gasteiger partial charge in [0.1, 0.15) is 11.3 Å². The van der Waals surface area contributed by atoms with Crippen LogP contribution in [0.3, 0.4) is 0 Å². The number of anilines is 1. The van der Waals surface area contributed by atoms with Crippen molar-refractivity contribution in [3.05, 3.63) is 48.0 Å². The maximum Gasteiger partial charge on any atom is 0.260 e. The van der Waals surface area contributed by atoms with E-state index >= 15 is 0 Å². The molecule has 0 N–H and O–H groups in total. The summed E-state index contributed by atoms with van der Waals surface area (Å²) in [7, 11) is -1.72.